The van der Waals surface area contributed by atoms with Crippen molar-refractivity contribution < 1.29 is 17.9 Å². The molecule has 1 heterocycles. The minimum absolute atomic E-state index is 0.161. The molecule has 0 aliphatic heterocycles. The maximum atomic E-state index is 12.7. The second-order valence-electron chi connectivity index (χ2n) is 7.85. The molecular formula is C25H29N3O4S. The number of carbonyl (C=O) groups is 1. The molecule has 1 aromatic heterocycles. The van der Waals surface area contributed by atoms with E-state index in [0.717, 1.165) is 24.8 Å². The highest BCUT2D eigenvalue weighted by Gasteiger charge is 2.17. The molecule has 3 aromatic rings. The molecule has 2 aromatic carbocycles. The summed E-state index contributed by atoms with van der Waals surface area (Å²) in [5.41, 5.74) is 2.58. The lowest BCUT2D eigenvalue weighted by atomic mass is 10.2. The Kier molecular flexibility index (Phi) is 8.06. The molecule has 174 valence electrons. The number of carbonyl (C=O) groups excluding carboxylic acids is 1. The first-order valence-corrected chi connectivity index (χ1v) is 12.4. The van der Waals surface area contributed by atoms with Gasteiger partial charge in [-0.1, -0.05) is 37.5 Å². The zero-order valence-electron chi connectivity index (χ0n) is 19.1. The van der Waals surface area contributed by atoms with E-state index in [1.165, 1.54) is 6.20 Å². The summed E-state index contributed by atoms with van der Waals surface area (Å²) in [5.74, 6) is 0.667. The van der Waals surface area contributed by atoms with Crippen LogP contribution in [0.25, 0.3) is 0 Å². The van der Waals surface area contributed by atoms with Crippen molar-refractivity contribution >= 4 is 21.6 Å². The summed E-state index contributed by atoms with van der Waals surface area (Å²) >= 11 is 0. The molecule has 2 N–H and O–H groups in total. The highest BCUT2D eigenvalue weighted by Crippen LogP contribution is 2.24. The van der Waals surface area contributed by atoms with Crippen molar-refractivity contribution in [3.8, 4) is 11.6 Å². The summed E-state index contributed by atoms with van der Waals surface area (Å²) in [6, 6.07) is 15.0. The number of amides is 1. The maximum Gasteiger partial charge on any atom is 0.262 e. The fraction of sp³-hybridized carbons (Fsp3) is 0.280. The molecule has 0 saturated heterocycles. The van der Waals surface area contributed by atoms with E-state index in [1.807, 2.05) is 13.0 Å². The molecule has 7 nitrogen and oxygen atoms in total. The van der Waals surface area contributed by atoms with Crippen LogP contribution < -0.4 is 14.8 Å². The number of nitrogens with one attached hydrogen (secondary N) is 2. The van der Waals surface area contributed by atoms with E-state index in [0.29, 0.717) is 35.0 Å². The second-order valence-corrected chi connectivity index (χ2v) is 9.50. The molecule has 0 aliphatic carbocycles. The largest absolute Gasteiger partial charge is 0.439 e. The number of ether oxygens (including phenoxy) is 1. The van der Waals surface area contributed by atoms with Gasteiger partial charge in [-0.3, -0.25) is 9.52 Å². The number of unbranched alkanes of at least 4 members (excludes halogenated alkanes) is 2. The number of aromatic nitrogens is 1. The summed E-state index contributed by atoms with van der Waals surface area (Å²) < 4.78 is 33.7. The molecule has 33 heavy (non-hydrogen) atoms. The van der Waals surface area contributed by atoms with Gasteiger partial charge in [0.2, 0.25) is 5.88 Å². The fourth-order valence-corrected chi connectivity index (χ4v) is 4.56. The van der Waals surface area contributed by atoms with Gasteiger partial charge >= 0.3 is 0 Å². The Morgan fingerprint density at radius 1 is 1.00 bits per heavy atom. The summed E-state index contributed by atoms with van der Waals surface area (Å²) in [7, 11) is -3.70. The van der Waals surface area contributed by atoms with E-state index in [1.54, 1.807) is 55.5 Å². The minimum Gasteiger partial charge on any atom is -0.439 e. The van der Waals surface area contributed by atoms with Crippen LogP contribution in [-0.4, -0.2) is 25.9 Å². The summed E-state index contributed by atoms with van der Waals surface area (Å²) in [5, 5.41) is 2.87. The van der Waals surface area contributed by atoms with Crippen LogP contribution in [0.15, 0.2) is 65.7 Å². The number of aryl methyl sites for hydroxylation is 2. The van der Waals surface area contributed by atoms with Crippen LogP contribution in [-0.2, 0) is 10.0 Å². The molecule has 0 aliphatic rings. The number of hydrogen-bond donors (Lipinski definition) is 2. The number of rotatable bonds is 10. The summed E-state index contributed by atoms with van der Waals surface area (Å²) in [6.45, 7) is 6.45. The highest BCUT2D eigenvalue weighted by molar-refractivity contribution is 7.92. The molecule has 0 unspecified atom stereocenters. The molecule has 0 spiro atoms. The molecule has 1 amide bonds. The topological polar surface area (TPSA) is 97.4 Å². The normalized spacial score (nSPS) is 11.1. The maximum absolute atomic E-state index is 12.7. The zero-order chi connectivity index (χ0) is 23.8. The van der Waals surface area contributed by atoms with Crippen LogP contribution in [0.5, 0.6) is 11.6 Å². The Morgan fingerprint density at radius 3 is 2.39 bits per heavy atom. The first kappa shape index (κ1) is 24.3. The van der Waals surface area contributed by atoms with E-state index in [9.17, 15) is 13.2 Å². The van der Waals surface area contributed by atoms with Crippen LogP contribution in [0, 0.1) is 13.8 Å². The Labute approximate surface area is 195 Å². The molecule has 0 radical (unpaired) electrons. The number of hydrogen-bond acceptors (Lipinski definition) is 5. The third-order valence-corrected chi connectivity index (χ3v) is 6.55. The van der Waals surface area contributed by atoms with Crippen LogP contribution in [0.3, 0.4) is 0 Å². The van der Waals surface area contributed by atoms with E-state index < -0.39 is 10.0 Å². The first-order valence-electron chi connectivity index (χ1n) is 10.9. The Balaban J connectivity index is 1.60. The highest BCUT2D eigenvalue weighted by atomic mass is 32.2. The Morgan fingerprint density at radius 2 is 1.76 bits per heavy atom. The SMILES string of the molecule is CCCCCNC(=O)c1ccc(Oc2ccc(NS(=O)(=O)c3ccc(C)cc3C)cc2)nc1. The van der Waals surface area contributed by atoms with Crippen molar-refractivity contribution in [3.63, 3.8) is 0 Å². The van der Waals surface area contributed by atoms with Crippen LogP contribution in [0.4, 0.5) is 5.69 Å². The third kappa shape index (κ3) is 6.79. The monoisotopic (exact) mass is 467 g/mol. The molecule has 0 saturated carbocycles. The van der Waals surface area contributed by atoms with Crippen LogP contribution in [0.1, 0.15) is 47.7 Å². The average molecular weight is 468 g/mol. The quantitative estimate of drug-likeness (QED) is 0.399. The fourth-order valence-electron chi connectivity index (χ4n) is 3.28. The Hall–Kier alpha value is -3.39. The van der Waals surface area contributed by atoms with Gasteiger partial charge in [-0.25, -0.2) is 13.4 Å². The minimum atomic E-state index is -3.70. The van der Waals surface area contributed by atoms with E-state index in [-0.39, 0.29) is 10.8 Å². The van der Waals surface area contributed by atoms with Gasteiger partial charge in [0.25, 0.3) is 15.9 Å². The van der Waals surface area contributed by atoms with Crippen molar-refractivity contribution in [2.24, 2.45) is 0 Å². The zero-order valence-corrected chi connectivity index (χ0v) is 19.9. The van der Waals surface area contributed by atoms with Gasteiger partial charge < -0.3 is 10.1 Å². The smallest absolute Gasteiger partial charge is 0.262 e. The lowest BCUT2D eigenvalue weighted by molar-refractivity contribution is 0.0952. The number of anilines is 1. The van der Waals surface area contributed by atoms with Gasteiger partial charge in [-0.05, 0) is 62.2 Å². The predicted molar refractivity (Wildman–Crippen MR) is 129 cm³/mol. The van der Waals surface area contributed by atoms with Gasteiger partial charge in [-0.2, -0.15) is 0 Å². The van der Waals surface area contributed by atoms with Crippen molar-refractivity contribution in [2.75, 3.05) is 11.3 Å². The first-order chi connectivity index (χ1) is 15.8. The predicted octanol–water partition coefficient (Wildman–Crippen LogP) is 5.21. The number of pyridine rings is 1. The van der Waals surface area contributed by atoms with Crippen LogP contribution in [0.2, 0.25) is 0 Å². The number of nitrogens with zero attached hydrogens (tertiary/aromatic N) is 1. The molecule has 8 heteroatoms. The van der Waals surface area contributed by atoms with E-state index >= 15 is 0 Å². The molecule has 3 rings (SSSR count). The van der Waals surface area contributed by atoms with Gasteiger partial charge in [-0.15, -0.1) is 0 Å². The average Bonchev–Trinajstić information content (AvgIpc) is 2.78. The summed E-state index contributed by atoms with van der Waals surface area (Å²) in [4.78, 5) is 16.5. The lowest BCUT2D eigenvalue weighted by Gasteiger charge is -2.12. The molecule has 0 fully saturated rings. The standard InChI is InChI=1S/C25H29N3O4S/c1-4-5-6-15-26-25(29)20-8-14-24(27-17-20)32-22-11-9-21(10-12-22)28-33(30,31)23-13-7-18(2)16-19(23)3/h7-14,16-17,28H,4-6,15H2,1-3H3,(H,26,29). The van der Waals surface area contributed by atoms with Gasteiger partial charge in [0, 0.05) is 24.5 Å². The van der Waals surface area contributed by atoms with E-state index in [4.69, 9.17) is 4.74 Å². The third-order valence-electron chi connectivity index (χ3n) is 5.01. The summed E-state index contributed by atoms with van der Waals surface area (Å²) in [6.07, 6.45) is 4.60. The molecular weight excluding hydrogens is 438 g/mol. The van der Waals surface area contributed by atoms with Gasteiger partial charge in [0.1, 0.15) is 5.75 Å². The van der Waals surface area contributed by atoms with Crippen LogP contribution >= 0.6 is 0 Å². The van der Waals surface area contributed by atoms with Crippen molar-refractivity contribution in [2.45, 2.75) is 44.9 Å². The number of sulfonamides is 1. The lowest BCUT2D eigenvalue weighted by Crippen LogP contribution is -2.24. The second kappa shape index (κ2) is 11.0. The molecule has 0 atom stereocenters. The molecule has 0 bridgehead atoms. The number of benzene rings is 2. The van der Waals surface area contributed by atoms with E-state index in [2.05, 4.69) is 21.9 Å². The Bertz CT molecular complexity index is 1190. The van der Waals surface area contributed by atoms with Gasteiger partial charge in [0.15, 0.2) is 0 Å². The van der Waals surface area contributed by atoms with Crippen molar-refractivity contribution in [1.82, 2.24) is 10.3 Å². The van der Waals surface area contributed by atoms with Crippen molar-refractivity contribution in [1.29, 1.82) is 0 Å². The van der Waals surface area contributed by atoms with Gasteiger partial charge in [0.05, 0.1) is 10.5 Å². The van der Waals surface area contributed by atoms with Crippen molar-refractivity contribution in [3.05, 3.63) is 77.5 Å².